The Morgan fingerprint density at radius 2 is 2.17 bits per heavy atom. The second-order valence-electron chi connectivity index (χ2n) is 5.91. The maximum atomic E-state index is 10.6. The van der Waals surface area contributed by atoms with Crippen molar-refractivity contribution >= 4 is 23.2 Å². The zero-order valence-corrected chi connectivity index (χ0v) is 14.6. The standard InChI is InChI=1S/C19H21NO3S/c1-22-17-8-4-15(5-9-17)12-23-19-20-18(13-24-19)16-6-2-14(3-7-16)10-11-21/h4-6,8-9,11,13-14H,2-3,7,10,12H2,1H3. The molecule has 0 amide bonds. The molecule has 2 aromatic rings. The van der Waals surface area contributed by atoms with Gasteiger partial charge in [-0.3, -0.25) is 0 Å². The summed E-state index contributed by atoms with van der Waals surface area (Å²) in [5, 5.41) is 2.74. The van der Waals surface area contributed by atoms with Gasteiger partial charge in [-0.25, -0.2) is 4.98 Å². The topological polar surface area (TPSA) is 48.4 Å². The van der Waals surface area contributed by atoms with E-state index in [9.17, 15) is 4.79 Å². The Bertz CT molecular complexity index is 706. The summed E-state index contributed by atoms with van der Waals surface area (Å²) in [4.78, 5) is 15.2. The summed E-state index contributed by atoms with van der Waals surface area (Å²) in [6.45, 7) is 0.497. The maximum Gasteiger partial charge on any atom is 0.274 e. The monoisotopic (exact) mass is 343 g/mol. The van der Waals surface area contributed by atoms with Crippen LogP contribution in [0.15, 0.2) is 35.7 Å². The number of hydrogen-bond donors (Lipinski definition) is 0. The first-order valence-corrected chi connectivity index (χ1v) is 9.00. The van der Waals surface area contributed by atoms with Gasteiger partial charge in [0.2, 0.25) is 0 Å². The van der Waals surface area contributed by atoms with Crippen LogP contribution in [0.1, 0.15) is 36.9 Å². The number of carbonyl (C=O) groups excluding carboxylic acids is 1. The van der Waals surface area contributed by atoms with Gasteiger partial charge >= 0.3 is 0 Å². The van der Waals surface area contributed by atoms with Crippen LogP contribution in [-0.4, -0.2) is 18.4 Å². The lowest BCUT2D eigenvalue weighted by Gasteiger charge is -2.18. The summed E-state index contributed by atoms with van der Waals surface area (Å²) >= 11 is 1.53. The molecule has 0 saturated carbocycles. The van der Waals surface area contributed by atoms with Crippen LogP contribution in [-0.2, 0) is 11.4 Å². The molecule has 1 heterocycles. The first kappa shape index (κ1) is 16.7. The Kier molecular flexibility index (Phi) is 5.64. The number of aromatic nitrogens is 1. The molecule has 3 rings (SSSR count). The fourth-order valence-corrected chi connectivity index (χ4v) is 3.50. The molecule has 1 aliphatic rings. The third-order valence-corrected chi connectivity index (χ3v) is 5.03. The Morgan fingerprint density at radius 3 is 2.83 bits per heavy atom. The summed E-state index contributed by atoms with van der Waals surface area (Å²) in [6.07, 6.45) is 6.92. The Morgan fingerprint density at radius 1 is 1.33 bits per heavy atom. The largest absolute Gasteiger partial charge is 0.497 e. The number of carbonyl (C=O) groups is 1. The molecule has 0 N–H and O–H groups in total. The van der Waals surface area contributed by atoms with Crippen molar-refractivity contribution in [2.24, 2.45) is 5.92 Å². The van der Waals surface area contributed by atoms with Crippen molar-refractivity contribution < 1.29 is 14.3 Å². The molecule has 24 heavy (non-hydrogen) atoms. The molecule has 126 valence electrons. The van der Waals surface area contributed by atoms with E-state index in [1.165, 1.54) is 16.9 Å². The number of allylic oxidation sites excluding steroid dienone is 2. The van der Waals surface area contributed by atoms with Crippen LogP contribution in [0.3, 0.4) is 0 Å². The number of methoxy groups -OCH3 is 1. The maximum absolute atomic E-state index is 10.6. The van der Waals surface area contributed by atoms with E-state index in [1.807, 2.05) is 24.3 Å². The number of aldehydes is 1. The van der Waals surface area contributed by atoms with Crippen molar-refractivity contribution in [3.63, 3.8) is 0 Å². The molecule has 0 aliphatic heterocycles. The molecular formula is C19H21NO3S. The molecule has 1 atom stereocenters. The summed E-state index contributed by atoms with van der Waals surface area (Å²) < 4.78 is 10.9. The highest BCUT2D eigenvalue weighted by atomic mass is 32.1. The summed E-state index contributed by atoms with van der Waals surface area (Å²) in [5.74, 6) is 1.34. The van der Waals surface area contributed by atoms with Crippen LogP contribution in [0, 0.1) is 5.92 Å². The highest BCUT2D eigenvalue weighted by Gasteiger charge is 2.17. The molecule has 4 nitrogen and oxygen atoms in total. The minimum Gasteiger partial charge on any atom is -0.497 e. The molecule has 0 spiro atoms. The normalized spacial score (nSPS) is 17.2. The minimum absolute atomic E-state index is 0.496. The lowest BCUT2D eigenvalue weighted by Crippen LogP contribution is -2.06. The van der Waals surface area contributed by atoms with Crippen LogP contribution in [0.5, 0.6) is 10.9 Å². The molecule has 5 heteroatoms. The number of nitrogens with zero attached hydrogens (tertiary/aromatic N) is 1. The van der Waals surface area contributed by atoms with Gasteiger partial charge in [-0.15, -0.1) is 0 Å². The molecule has 1 aliphatic carbocycles. The number of rotatable bonds is 7. The van der Waals surface area contributed by atoms with Gasteiger partial charge in [0.25, 0.3) is 5.19 Å². The van der Waals surface area contributed by atoms with E-state index < -0.39 is 0 Å². The second-order valence-corrected chi connectivity index (χ2v) is 6.73. The van der Waals surface area contributed by atoms with Crippen LogP contribution in [0.4, 0.5) is 0 Å². The lowest BCUT2D eigenvalue weighted by atomic mass is 9.87. The Hall–Kier alpha value is -2.14. The van der Waals surface area contributed by atoms with E-state index in [-0.39, 0.29) is 0 Å². The van der Waals surface area contributed by atoms with Crippen molar-refractivity contribution in [1.82, 2.24) is 4.98 Å². The fourth-order valence-electron chi connectivity index (χ4n) is 2.81. The van der Waals surface area contributed by atoms with E-state index in [2.05, 4.69) is 16.4 Å². The molecular weight excluding hydrogens is 322 g/mol. The highest BCUT2D eigenvalue weighted by molar-refractivity contribution is 7.11. The van der Waals surface area contributed by atoms with Crippen LogP contribution in [0.2, 0.25) is 0 Å². The lowest BCUT2D eigenvalue weighted by molar-refractivity contribution is -0.108. The smallest absolute Gasteiger partial charge is 0.274 e. The van der Waals surface area contributed by atoms with Gasteiger partial charge in [0.05, 0.1) is 12.8 Å². The highest BCUT2D eigenvalue weighted by Crippen LogP contribution is 2.33. The van der Waals surface area contributed by atoms with Crippen LogP contribution >= 0.6 is 11.3 Å². The Balaban J connectivity index is 1.56. The number of benzene rings is 1. The van der Waals surface area contributed by atoms with E-state index >= 15 is 0 Å². The molecule has 1 unspecified atom stereocenters. The van der Waals surface area contributed by atoms with Crippen LogP contribution in [0.25, 0.3) is 5.57 Å². The summed E-state index contributed by atoms with van der Waals surface area (Å²) in [6, 6.07) is 7.83. The molecule has 0 fully saturated rings. The zero-order chi connectivity index (χ0) is 16.8. The average Bonchev–Trinajstić information content (AvgIpc) is 3.10. The van der Waals surface area contributed by atoms with E-state index in [1.54, 1.807) is 7.11 Å². The molecule has 1 aromatic carbocycles. The van der Waals surface area contributed by atoms with Gasteiger partial charge < -0.3 is 14.3 Å². The first-order valence-electron chi connectivity index (χ1n) is 8.12. The molecule has 0 saturated heterocycles. The van der Waals surface area contributed by atoms with E-state index in [4.69, 9.17) is 9.47 Å². The number of ether oxygens (including phenoxy) is 2. The number of thiazole rings is 1. The van der Waals surface area contributed by atoms with Gasteiger partial charge in [-0.1, -0.05) is 29.5 Å². The summed E-state index contributed by atoms with van der Waals surface area (Å²) in [5.41, 5.74) is 3.36. The van der Waals surface area contributed by atoms with Crippen LogP contribution < -0.4 is 9.47 Å². The van der Waals surface area contributed by atoms with Crippen molar-refractivity contribution in [2.45, 2.75) is 32.3 Å². The van der Waals surface area contributed by atoms with Gasteiger partial charge in [0, 0.05) is 11.8 Å². The Labute approximate surface area is 146 Å². The summed E-state index contributed by atoms with van der Waals surface area (Å²) in [7, 11) is 1.66. The molecule has 1 aromatic heterocycles. The second kappa shape index (κ2) is 8.11. The predicted molar refractivity (Wildman–Crippen MR) is 95.4 cm³/mol. The third kappa shape index (κ3) is 4.23. The van der Waals surface area contributed by atoms with E-state index in [0.717, 1.165) is 42.6 Å². The van der Waals surface area contributed by atoms with Gasteiger partial charge in [0.15, 0.2) is 0 Å². The molecule has 0 radical (unpaired) electrons. The first-order chi connectivity index (χ1) is 11.8. The average molecular weight is 343 g/mol. The SMILES string of the molecule is COc1ccc(COc2nc(C3=CCC(CC=O)CC3)cs2)cc1. The molecule has 0 bridgehead atoms. The van der Waals surface area contributed by atoms with Crippen molar-refractivity contribution in [1.29, 1.82) is 0 Å². The number of hydrogen-bond acceptors (Lipinski definition) is 5. The zero-order valence-electron chi connectivity index (χ0n) is 13.7. The van der Waals surface area contributed by atoms with E-state index in [0.29, 0.717) is 24.1 Å². The van der Waals surface area contributed by atoms with Crippen molar-refractivity contribution in [2.75, 3.05) is 7.11 Å². The van der Waals surface area contributed by atoms with Crippen molar-refractivity contribution in [3.8, 4) is 10.9 Å². The fraction of sp³-hybridized carbons (Fsp3) is 0.368. The van der Waals surface area contributed by atoms with Gasteiger partial charge in [-0.2, -0.15) is 0 Å². The quantitative estimate of drug-likeness (QED) is 0.694. The predicted octanol–water partition coefficient (Wildman–Crippen LogP) is 4.50. The van der Waals surface area contributed by atoms with Gasteiger partial charge in [0.1, 0.15) is 18.6 Å². The van der Waals surface area contributed by atoms with Crippen molar-refractivity contribution in [3.05, 3.63) is 47.0 Å². The minimum atomic E-state index is 0.496. The van der Waals surface area contributed by atoms with Gasteiger partial charge in [-0.05, 0) is 48.4 Å². The third-order valence-electron chi connectivity index (χ3n) is 4.28.